The van der Waals surface area contributed by atoms with Crippen LogP contribution in [0.25, 0.3) is 0 Å². The molecule has 0 radical (unpaired) electrons. The number of piperidine rings is 1. The molecule has 5 heteroatoms. The van der Waals surface area contributed by atoms with Crippen LogP contribution in [-0.2, 0) is 9.47 Å². The van der Waals surface area contributed by atoms with E-state index in [-0.39, 0.29) is 6.09 Å². The highest BCUT2D eigenvalue weighted by Crippen LogP contribution is 2.20. The first-order valence-electron chi connectivity index (χ1n) is 9.77. The van der Waals surface area contributed by atoms with Crippen LogP contribution in [0.3, 0.4) is 0 Å². The summed E-state index contributed by atoms with van der Waals surface area (Å²) in [6, 6.07) is 0.512. The highest BCUT2D eigenvalue weighted by atomic mass is 16.6. The van der Waals surface area contributed by atoms with Crippen molar-refractivity contribution in [2.24, 2.45) is 0 Å². The molecule has 2 aliphatic rings. The van der Waals surface area contributed by atoms with Crippen LogP contribution in [0, 0.1) is 0 Å². The fourth-order valence-corrected chi connectivity index (χ4v) is 3.45. The van der Waals surface area contributed by atoms with Crippen LogP contribution < -0.4 is 5.32 Å². The summed E-state index contributed by atoms with van der Waals surface area (Å²) in [7, 11) is 0. The molecular formula is C19H36N2O3. The third kappa shape index (κ3) is 7.39. The molecule has 24 heavy (non-hydrogen) atoms. The molecule has 0 aromatic carbocycles. The second kappa shape index (κ2) is 9.62. The standard InChI is InChI=1S/C19H36N2O3/c1-19(2,3)24-18(22)21-13-10-16(11-14-21)20-12-7-15-23-17-8-5-4-6-9-17/h16-17,20H,4-15H2,1-3H3. The predicted molar refractivity (Wildman–Crippen MR) is 96.3 cm³/mol. The summed E-state index contributed by atoms with van der Waals surface area (Å²) in [6.07, 6.45) is 9.95. The fourth-order valence-electron chi connectivity index (χ4n) is 3.45. The second-order valence-electron chi connectivity index (χ2n) is 8.18. The number of rotatable bonds is 6. The zero-order chi connectivity index (χ0) is 17.4. The summed E-state index contributed by atoms with van der Waals surface area (Å²) in [4.78, 5) is 13.9. The van der Waals surface area contributed by atoms with Crippen LogP contribution in [-0.4, -0.2) is 55.0 Å². The number of hydrogen-bond acceptors (Lipinski definition) is 4. The molecule has 1 saturated heterocycles. The minimum atomic E-state index is -0.412. The van der Waals surface area contributed by atoms with Crippen molar-refractivity contribution in [1.82, 2.24) is 10.2 Å². The van der Waals surface area contributed by atoms with Crippen LogP contribution in [0.4, 0.5) is 4.79 Å². The van der Waals surface area contributed by atoms with E-state index in [0.717, 1.165) is 45.5 Å². The van der Waals surface area contributed by atoms with Crippen molar-refractivity contribution in [2.45, 2.75) is 89.9 Å². The Morgan fingerprint density at radius 1 is 1.08 bits per heavy atom. The van der Waals surface area contributed by atoms with Gasteiger partial charge in [-0.1, -0.05) is 19.3 Å². The quantitative estimate of drug-likeness (QED) is 0.749. The van der Waals surface area contributed by atoms with Crippen molar-refractivity contribution in [3.63, 3.8) is 0 Å². The van der Waals surface area contributed by atoms with E-state index >= 15 is 0 Å². The van der Waals surface area contributed by atoms with Crippen LogP contribution in [0.5, 0.6) is 0 Å². The van der Waals surface area contributed by atoms with Crippen molar-refractivity contribution in [1.29, 1.82) is 0 Å². The van der Waals surface area contributed by atoms with Crippen molar-refractivity contribution < 1.29 is 14.3 Å². The van der Waals surface area contributed by atoms with Gasteiger partial charge in [0.1, 0.15) is 5.60 Å². The minimum absolute atomic E-state index is 0.179. The van der Waals surface area contributed by atoms with Crippen LogP contribution >= 0.6 is 0 Å². The SMILES string of the molecule is CC(C)(C)OC(=O)N1CCC(NCCCOC2CCCCC2)CC1. The van der Waals surface area contributed by atoms with E-state index in [1.54, 1.807) is 0 Å². The number of ether oxygens (including phenoxy) is 2. The molecule has 1 aliphatic carbocycles. The van der Waals surface area contributed by atoms with E-state index in [9.17, 15) is 4.79 Å². The van der Waals surface area contributed by atoms with Gasteiger partial charge in [-0.2, -0.15) is 0 Å². The van der Waals surface area contributed by atoms with Crippen molar-refractivity contribution in [3.05, 3.63) is 0 Å². The van der Waals surface area contributed by atoms with Gasteiger partial charge in [0.15, 0.2) is 0 Å². The van der Waals surface area contributed by atoms with E-state index in [0.29, 0.717) is 12.1 Å². The van der Waals surface area contributed by atoms with Gasteiger partial charge >= 0.3 is 6.09 Å². The Balaban J connectivity index is 1.51. The van der Waals surface area contributed by atoms with Gasteiger partial charge in [-0.3, -0.25) is 0 Å². The summed E-state index contributed by atoms with van der Waals surface area (Å²) < 4.78 is 11.4. The molecule has 1 N–H and O–H groups in total. The van der Waals surface area contributed by atoms with Gasteiger partial charge in [0.25, 0.3) is 0 Å². The highest BCUT2D eigenvalue weighted by molar-refractivity contribution is 5.68. The Hall–Kier alpha value is -0.810. The minimum Gasteiger partial charge on any atom is -0.444 e. The molecule has 0 aromatic heterocycles. The number of likely N-dealkylation sites (tertiary alicyclic amines) is 1. The number of carbonyl (C=O) groups excluding carboxylic acids is 1. The first-order chi connectivity index (χ1) is 11.4. The molecule has 1 saturated carbocycles. The number of nitrogens with one attached hydrogen (secondary N) is 1. The smallest absolute Gasteiger partial charge is 0.410 e. The molecule has 1 aliphatic heterocycles. The molecule has 0 atom stereocenters. The number of carbonyl (C=O) groups is 1. The Bertz CT molecular complexity index is 367. The normalized spacial score (nSPS) is 21.0. The van der Waals surface area contributed by atoms with Crippen LogP contribution in [0.2, 0.25) is 0 Å². The van der Waals surface area contributed by atoms with E-state index < -0.39 is 5.60 Å². The molecule has 2 rings (SSSR count). The average Bonchev–Trinajstić information content (AvgIpc) is 2.54. The molecular weight excluding hydrogens is 304 g/mol. The second-order valence-corrected chi connectivity index (χ2v) is 8.18. The van der Waals surface area contributed by atoms with Gasteiger partial charge < -0.3 is 19.7 Å². The lowest BCUT2D eigenvalue weighted by atomic mass is 9.98. The highest BCUT2D eigenvalue weighted by Gasteiger charge is 2.26. The third-order valence-corrected chi connectivity index (χ3v) is 4.81. The Morgan fingerprint density at radius 3 is 2.38 bits per heavy atom. The maximum absolute atomic E-state index is 12.0. The van der Waals surface area contributed by atoms with Crippen molar-refractivity contribution in [2.75, 3.05) is 26.2 Å². The van der Waals surface area contributed by atoms with Gasteiger partial charge in [0.05, 0.1) is 6.10 Å². The van der Waals surface area contributed by atoms with Gasteiger partial charge in [-0.15, -0.1) is 0 Å². The average molecular weight is 341 g/mol. The zero-order valence-electron chi connectivity index (χ0n) is 15.8. The first kappa shape index (κ1) is 19.5. The molecule has 5 nitrogen and oxygen atoms in total. The topological polar surface area (TPSA) is 50.8 Å². The number of hydrogen-bond donors (Lipinski definition) is 1. The lowest BCUT2D eigenvalue weighted by molar-refractivity contribution is 0.0192. The Morgan fingerprint density at radius 2 is 1.75 bits per heavy atom. The number of nitrogens with zero attached hydrogens (tertiary/aromatic N) is 1. The van der Waals surface area contributed by atoms with Gasteiger partial charge in [0, 0.05) is 25.7 Å². The molecule has 1 heterocycles. The molecule has 0 aromatic rings. The summed E-state index contributed by atoms with van der Waals surface area (Å²) in [5.41, 5.74) is -0.412. The molecule has 0 bridgehead atoms. The monoisotopic (exact) mass is 340 g/mol. The largest absolute Gasteiger partial charge is 0.444 e. The van der Waals surface area contributed by atoms with Crippen LogP contribution in [0.15, 0.2) is 0 Å². The molecule has 140 valence electrons. The van der Waals surface area contributed by atoms with Gasteiger partial charge in [0.2, 0.25) is 0 Å². The Kier molecular flexibility index (Phi) is 7.82. The maximum Gasteiger partial charge on any atom is 0.410 e. The van der Waals surface area contributed by atoms with Gasteiger partial charge in [-0.25, -0.2) is 4.79 Å². The van der Waals surface area contributed by atoms with Crippen molar-refractivity contribution in [3.8, 4) is 0 Å². The molecule has 0 unspecified atom stereocenters. The van der Waals surface area contributed by atoms with Gasteiger partial charge in [-0.05, 0) is 59.4 Å². The lowest BCUT2D eigenvalue weighted by Crippen LogP contribution is -2.46. The van der Waals surface area contributed by atoms with Crippen LogP contribution in [0.1, 0.15) is 72.1 Å². The lowest BCUT2D eigenvalue weighted by Gasteiger charge is -2.33. The first-order valence-corrected chi connectivity index (χ1v) is 9.77. The van der Waals surface area contributed by atoms with E-state index in [1.165, 1.54) is 32.1 Å². The maximum atomic E-state index is 12.0. The summed E-state index contributed by atoms with van der Waals surface area (Å²) in [5, 5.41) is 3.61. The van der Waals surface area contributed by atoms with E-state index in [1.807, 2.05) is 25.7 Å². The molecule has 0 spiro atoms. The van der Waals surface area contributed by atoms with E-state index in [2.05, 4.69) is 5.32 Å². The number of amides is 1. The predicted octanol–water partition coefficient (Wildman–Crippen LogP) is 3.71. The summed E-state index contributed by atoms with van der Waals surface area (Å²) in [5.74, 6) is 0. The molecule has 1 amide bonds. The summed E-state index contributed by atoms with van der Waals surface area (Å²) >= 11 is 0. The fraction of sp³-hybridized carbons (Fsp3) is 0.947. The summed E-state index contributed by atoms with van der Waals surface area (Å²) in [6.45, 7) is 9.17. The van der Waals surface area contributed by atoms with Crippen molar-refractivity contribution >= 4 is 6.09 Å². The Labute approximate surface area is 147 Å². The van der Waals surface area contributed by atoms with E-state index in [4.69, 9.17) is 9.47 Å². The zero-order valence-corrected chi connectivity index (χ0v) is 15.8. The third-order valence-electron chi connectivity index (χ3n) is 4.81. The molecule has 2 fully saturated rings.